The second-order valence-electron chi connectivity index (χ2n) is 4.08. The number of rotatable bonds is 5. The number of aliphatic hydroxyl groups is 2. The van der Waals surface area contributed by atoms with Crippen LogP contribution in [0.4, 0.5) is 5.69 Å². The number of anilines is 1. The second kappa shape index (κ2) is 5.04. The lowest BCUT2D eigenvalue weighted by Crippen LogP contribution is -2.28. The van der Waals surface area contributed by atoms with E-state index in [1.807, 2.05) is 18.2 Å². The molecular formula is C12H16ClNO2. The molecule has 0 amide bonds. The molecule has 88 valence electrons. The summed E-state index contributed by atoms with van der Waals surface area (Å²) in [5.74, 6) is 0. The Kier molecular flexibility index (Phi) is 3.69. The third kappa shape index (κ3) is 2.48. The Morgan fingerprint density at radius 3 is 2.56 bits per heavy atom. The third-order valence-electron chi connectivity index (χ3n) is 2.87. The molecule has 16 heavy (non-hydrogen) atoms. The first kappa shape index (κ1) is 11.7. The highest BCUT2D eigenvalue weighted by Gasteiger charge is 2.28. The molecule has 0 aromatic heterocycles. The molecule has 0 heterocycles. The molecule has 0 unspecified atom stereocenters. The van der Waals surface area contributed by atoms with Crippen molar-refractivity contribution < 1.29 is 10.2 Å². The van der Waals surface area contributed by atoms with Gasteiger partial charge in [-0.3, -0.25) is 0 Å². The molecule has 1 aliphatic carbocycles. The van der Waals surface area contributed by atoms with Gasteiger partial charge in [0.15, 0.2) is 0 Å². The highest BCUT2D eigenvalue weighted by molar-refractivity contribution is 6.31. The van der Waals surface area contributed by atoms with Crippen molar-refractivity contribution in [3.8, 4) is 0 Å². The van der Waals surface area contributed by atoms with E-state index < -0.39 is 0 Å². The molecule has 0 spiro atoms. The molecule has 2 N–H and O–H groups in total. The number of hydrogen-bond donors (Lipinski definition) is 2. The van der Waals surface area contributed by atoms with Crippen LogP contribution < -0.4 is 4.90 Å². The van der Waals surface area contributed by atoms with E-state index >= 15 is 0 Å². The number of nitrogens with zero attached hydrogens (tertiary/aromatic N) is 1. The zero-order valence-corrected chi connectivity index (χ0v) is 9.82. The molecule has 0 bridgehead atoms. The normalized spacial score (nSPS) is 15.2. The summed E-state index contributed by atoms with van der Waals surface area (Å²) >= 11 is 6.05. The van der Waals surface area contributed by atoms with Gasteiger partial charge >= 0.3 is 0 Å². The lowest BCUT2D eigenvalue weighted by Gasteiger charge is -2.24. The first-order valence-electron chi connectivity index (χ1n) is 5.53. The van der Waals surface area contributed by atoms with E-state index in [9.17, 15) is 0 Å². The molecule has 1 fully saturated rings. The minimum absolute atomic E-state index is 0.0391. The van der Waals surface area contributed by atoms with E-state index in [0.29, 0.717) is 17.6 Å². The summed E-state index contributed by atoms with van der Waals surface area (Å²) in [6.07, 6.45) is 2.36. The average molecular weight is 242 g/mol. The molecule has 1 aromatic rings. The van der Waals surface area contributed by atoms with Crippen molar-refractivity contribution in [2.24, 2.45) is 0 Å². The van der Waals surface area contributed by atoms with E-state index in [1.54, 1.807) is 0 Å². The lowest BCUT2D eigenvalue weighted by molar-refractivity contribution is 0.282. The van der Waals surface area contributed by atoms with Crippen LogP contribution in [0.3, 0.4) is 0 Å². The predicted molar refractivity (Wildman–Crippen MR) is 64.8 cm³/mol. The summed E-state index contributed by atoms with van der Waals surface area (Å²) in [6, 6.07) is 6.19. The Morgan fingerprint density at radius 2 is 2.06 bits per heavy atom. The number of benzene rings is 1. The van der Waals surface area contributed by atoms with Crippen molar-refractivity contribution in [3.63, 3.8) is 0 Å². The molecule has 0 atom stereocenters. The van der Waals surface area contributed by atoms with Crippen LogP contribution in [-0.4, -0.2) is 29.4 Å². The van der Waals surface area contributed by atoms with Crippen LogP contribution in [0.2, 0.25) is 5.02 Å². The van der Waals surface area contributed by atoms with Gasteiger partial charge in [-0.2, -0.15) is 0 Å². The second-order valence-corrected chi connectivity index (χ2v) is 4.49. The maximum absolute atomic E-state index is 9.03. The van der Waals surface area contributed by atoms with Crippen molar-refractivity contribution in [1.82, 2.24) is 0 Å². The fourth-order valence-electron chi connectivity index (χ4n) is 1.86. The minimum atomic E-state index is -0.0391. The van der Waals surface area contributed by atoms with Gasteiger partial charge in [0.25, 0.3) is 0 Å². The van der Waals surface area contributed by atoms with Gasteiger partial charge in [0, 0.05) is 23.3 Å². The van der Waals surface area contributed by atoms with Gasteiger partial charge in [-0.25, -0.2) is 0 Å². The highest BCUT2D eigenvalue weighted by atomic mass is 35.5. The molecule has 4 heteroatoms. The Balaban J connectivity index is 2.20. The van der Waals surface area contributed by atoms with E-state index in [2.05, 4.69) is 4.90 Å². The lowest BCUT2D eigenvalue weighted by atomic mass is 10.2. The molecule has 0 aliphatic heterocycles. The van der Waals surface area contributed by atoms with Gasteiger partial charge in [-0.15, -0.1) is 0 Å². The molecule has 1 saturated carbocycles. The Morgan fingerprint density at radius 1 is 1.31 bits per heavy atom. The smallest absolute Gasteiger partial charge is 0.0696 e. The van der Waals surface area contributed by atoms with Crippen LogP contribution in [0, 0.1) is 0 Å². The highest BCUT2D eigenvalue weighted by Crippen LogP contribution is 2.33. The van der Waals surface area contributed by atoms with Gasteiger partial charge in [0.1, 0.15) is 0 Å². The molecule has 3 nitrogen and oxygen atoms in total. The van der Waals surface area contributed by atoms with Crippen LogP contribution in [0.25, 0.3) is 0 Å². The SMILES string of the molecule is OCCN(c1ccc(CO)c(Cl)c1)C1CC1. The van der Waals surface area contributed by atoms with E-state index in [-0.39, 0.29) is 13.2 Å². The quantitative estimate of drug-likeness (QED) is 0.826. The third-order valence-corrected chi connectivity index (χ3v) is 3.22. The fraction of sp³-hybridized carbons (Fsp3) is 0.500. The maximum atomic E-state index is 9.03. The molecule has 1 aliphatic rings. The van der Waals surface area contributed by atoms with Crippen LogP contribution >= 0.6 is 11.6 Å². The summed E-state index contributed by atoms with van der Waals surface area (Å²) in [5.41, 5.74) is 1.77. The standard InChI is InChI=1S/C12H16ClNO2/c13-12-7-11(2-1-9(12)8-16)14(5-6-15)10-3-4-10/h1-2,7,10,15-16H,3-6,8H2. The largest absolute Gasteiger partial charge is 0.395 e. The summed E-state index contributed by atoms with van der Waals surface area (Å²) in [7, 11) is 0. The van der Waals surface area contributed by atoms with Crippen molar-refractivity contribution in [2.75, 3.05) is 18.1 Å². The fourth-order valence-corrected chi connectivity index (χ4v) is 2.09. The van der Waals surface area contributed by atoms with E-state index in [4.69, 9.17) is 21.8 Å². The van der Waals surface area contributed by atoms with E-state index in [0.717, 1.165) is 11.3 Å². The topological polar surface area (TPSA) is 43.7 Å². The van der Waals surface area contributed by atoms with Crippen molar-refractivity contribution >= 4 is 17.3 Å². The zero-order valence-electron chi connectivity index (χ0n) is 9.06. The number of aliphatic hydroxyl groups excluding tert-OH is 2. The van der Waals surface area contributed by atoms with Gasteiger partial charge in [-0.05, 0) is 30.5 Å². The average Bonchev–Trinajstić information content (AvgIpc) is 3.09. The van der Waals surface area contributed by atoms with E-state index in [1.165, 1.54) is 12.8 Å². The van der Waals surface area contributed by atoms with Crippen LogP contribution in [0.15, 0.2) is 18.2 Å². The van der Waals surface area contributed by atoms with Gasteiger partial charge in [-0.1, -0.05) is 17.7 Å². The Labute approximate surface area is 100 Å². The summed E-state index contributed by atoms with van der Waals surface area (Å²) < 4.78 is 0. The predicted octanol–water partition coefficient (Wildman–Crippen LogP) is 1.79. The maximum Gasteiger partial charge on any atom is 0.0696 e. The number of hydrogen-bond acceptors (Lipinski definition) is 3. The summed E-state index contributed by atoms with van der Waals surface area (Å²) in [6.45, 7) is 0.748. The monoisotopic (exact) mass is 241 g/mol. The van der Waals surface area contributed by atoms with Gasteiger partial charge in [0.05, 0.1) is 13.2 Å². The molecule has 0 radical (unpaired) electrons. The van der Waals surface area contributed by atoms with Crippen molar-refractivity contribution in [1.29, 1.82) is 0 Å². The first-order valence-corrected chi connectivity index (χ1v) is 5.91. The molecule has 1 aromatic carbocycles. The van der Waals surface area contributed by atoms with Crippen LogP contribution in [0.1, 0.15) is 18.4 Å². The molecular weight excluding hydrogens is 226 g/mol. The van der Waals surface area contributed by atoms with Crippen molar-refractivity contribution in [3.05, 3.63) is 28.8 Å². The Hall–Kier alpha value is -0.770. The van der Waals surface area contributed by atoms with Crippen LogP contribution in [0.5, 0.6) is 0 Å². The summed E-state index contributed by atoms with van der Waals surface area (Å²) in [4.78, 5) is 2.17. The molecule has 0 saturated heterocycles. The van der Waals surface area contributed by atoms with Crippen LogP contribution in [-0.2, 0) is 6.61 Å². The first-order chi connectivity index (χ1) is 7.76. The van der Waals surface area contributed by atoms with Gasteiger partial charge in [0.2, 0.25) is 0 Å². The minimum Gasteiger partial charge on any atom is -0.395 e. The molecule has 2 rings (SSSR count). The van der Waals surface area contributed by atoms with Crippen molar-refractivity contribution in [2.45, 2.75) is 25.5 Å². The summed E-state index contributed by atoms with van der Waals surface area (Å²) in [5, 5.41) is 18.7. The Bertz CT molecular complexity index is 366. The number of halogens is 1. The zero-order chi connectivity index (χ0) is 11.5. The van der Waals surface area contributed by atoms with Gasteiger partial charge < -0.3 is 15.1 Å².